The van der Waals surface area contributed by atoms with Gasteiger partial charge in [-0.05, 0) is 36.6 Å². The summed E-state index contributed by atoms with van der Waals surface area (Å²) >= 11 is 1.49. The molecule has 1 saturated heterocycles. The molecule has 8 heteroatoms. The van der Waals surface area contributed by atoms with Crippen molar-refractivity contribution in [3.63, 3.8) is 0 Å². The van der Waals surface area contributed by atoms with Crippen LogP contribution in [-0.2, 0) is 9.84 Å². The van der Waals surface area contributed by atoms with Gasteiger partial charge in [0.15, 0.2) is 15.0 Å². The first-order valence-electron chi connectivity index (χ1n) is 10.0. The Kier molecular flexibility index (Phi) is 7.04. The Morgan fingerprint density at radius 1 is 1.25 bits per heavy atom. The standard InChI is InChI=1S/C20H29N3O3S2/c1-3-5-6-14(4-2)11-21-19(24)15-7-9-16(10-8-15)22-20-23-17-12-28(25,26)13-18(17)27-20/h7-10,14,17-18H,3-6,11-13H2,1-2H3,(H,21,24)(H,22,23)/t14-,17+,18-/m0/s1. The third-order valence-corrected chi connectivity index (χ3v) is 8.45. The molecule has 2 aliphatic rings. The number of anilines is 1. The fourth-order valence-corrected chi connectivity index (χ4v) is 7.20. The number of unbranched alkanes of at least 4 members (excludes halogenated alkanes) is 1. The first-order valence-corrected chi connectivity index (χ1v) is 12.7. The molecule has 3 atom stereocenters. The van der Waals surface area contributed by atoms with Crippen LogP contribution in [0.5, 0.6) is 0 Å². The maximum atomic E-state index is 12.4. The van der Waals surface area contributed by atoms with Crippen molar-refractivity contribution in [3.05, 3.63) is 29.8 Å². The second-order valence-electron chi connectivity index (χ2n) is 7.56. The van der Waals surface area contributed by atoms with E-state index < -0.39 is 9.84 Å². The lowest BCUT2D eigenvalue weighted by Gasteiger charge is -2.15. The summed E-state index contributed by atoms with van der Waals surface area (Å²) in [7, 11) is -2.94. The Balaban J connectivity index is 1.50. The molecular formula is C20H29N3O3S2. The number of fused-ring (bicyclic) bond motifs is 1. The molecule has 2 N–H and O–H groups in total. The predicted molar refractivity (Wildman–Crippen MR) is 117 cm³/mol. The number of hydrogen-bond donors (Lipinski definition) is 2. The highest BCUT2D eigenvalue weighted by molar-refractivity contribution is 8.15. The van der Waals surface area contributed by atoms with Gasteiger partial charge in [-0.1, -0.05) is 44.9 Å². The third-order valence-electron chi connectivity index (χ3n) is 5.31. The number of benzene rings is 1. The highest BCUT2D eigenvalue weighted by Crippen LogP contribution is 2.34. The van der Waals surface area contributed by atoms with Crippen LogP contribution >= 0.6 is 11.8 Å². The number of carbonyl (C=O) groups excluding carboxylic acids is 1. The molecule has 0 aliphatic carbocycles. The minimum absolute atomic E-state index is 0.0248. The Hall–Kier alpha value is -1.54. The summed E-state index contributed by atoms with van der Waals surface area (Å²) in [4.78, 5) is 16.9. The maximum Gasteiger partial charge on any atom is 0.251 e. The second kappa shape index (κ2) is 9.31. The number of sulfone groups is 1. The van der Waals surface area contributed by atoms with Crippen molar-refractivity contribution in [2.24, 2.45) is 10.9 Å². The molecule has 0 aromatic heterocycles. The van der Waals surface area contributed by atoms with Crippen LogP contribution in [0.25, 0.3) is 0 Å². The zero-order valence-electron chi connectivity index (χ0n) is 16.5. The molecule has 2 heterocycles. The number of rotatable bonds is 8. The second-order valence-corrected chi connectivity index (χ2v) is 10.9. The maximum absolute atomic E-state index is 12.4. The Morgan fingerprint density at radius 3 is 2.64 bits per heavy atom. The number of hydrogen-bond acceptors (Lipinski definition) is 6. The monoisotopic (exact) mass is 423 g/mol. The molecule has 1 aromatic rings. The van der Waals surface area contributed by atoms with Gasteiger partial charge in [0.1, 0.15) is 0 Å². The van der Waals surface area contributed by atoms with Crippen molar-refractivity contribution in [2.75, 3.05) is 23.4 Å². The van der Waals surface area contributed by atoms with Crippen molar-refractivity contribution in [2.45, 2.75) is 50.8 Å². The van der Waals surface area contributed by atoms with Crippen molar-refractivity contribution in [1.29, 1.82) is 0 Å². The van der Waals surface area contributed by atoms with Gasteiger partial charge < -0.3 is 10.6 Å². The summed E-state index contributed by atoms with van der Waals surface area (Å²) in [5, 5.41) is 7.05. The number of carbonyl (C=O) groups is 1. The van der Waals surface area contributed by atoms with E-state index in [0.717, 1.165) is 23.7 Å². The minimum atomic E-state index is -2.94. The van der Waals surface area contributed by atoms with Crippen molar-refractivity contribution >= 4 is 38.4 Å². The van der Waals surface area contributed by atoms with Crippen LogP contribution in [-0.4, -0.2) is 48.8 Å². The Labute approximate surface area is 171 Å². The van der Waals surface area contributed by atoms with Gasteiger partial charge in [0.25, 0.3) is 5.91 Å². The number of amidine groups is 1. The molecule has 3 rings (SSSR count). The van der Waals surface area contributed by atoms with E-state index in [9.17, 15) is 13.2 Å². The highest BCUT2D eigenvalue weighted by atomic mass is 32.2. The van der Waals surface area contributed by atoms with E-state index in [2.05, 4.69) is 29.5 Å². The van der Waals surface area contributed by atoms with Gasteiger partial charge in [-0.2, -0.15) is 0 Å². The molecule has 6 nitrogen and oxygen atoms in total. The molecule has 0 bridgehead atoms. The molecule has 0 spiro atoms. The summed E-state index contributed by atoms with van der Waals surface area (Å²) in [6.07, 6.45) is 4.61. The molecule has 28 heavy (non-hydrogen) atoms. The summed E-state index contributed by atoms with van der Waals surface area (Å²) in [6.45, 7) is 5.07. The average molecular weight is 424 g/mol. The molecule has 1 amide bonds. The molecule has 0 saturated carbocycles. The van der Waals surface area contributed by atoms with Crippen LogP contribution in [0.15, 0.2) is 29.3 Å². The van der Waals surface area contributed by atoms with Crippen LogP contribution in [0.4, 0.5) is 5.69 Å². The Morgan fingerprint density at radius 2 is 2.00 bits per heavy atom. The van der Waals surface area contributed by atoms with Crippen LogP contribution < -0.4 is 10.6 Å². The lowest BCUT2D eigenvalue weighted by molar-refractivity contribution is 0.0946. The van der Waals surface area contributed by atoms with E-state index in [-0.39, 0.29) is 28.7 Å². The summed E-state index contributed by atoms with van der Waals surface area (Å²) < 4.78 is 23.3. The normalized spacial score (nSPS) is 23.7. The predicted octanol–water partition coefficient (Wildman–Crippen LogP) is 3.31. The van der Waals surface area contributed by atoms with E-state index in [4.69, 9.17) is 0 Å². The first kappa shape index (κ1) is 21.2. The fraction of sp³-hybridized carbons (Fsp3) is 0.600. The smallest absolute Gasteiger partial charge is 0.251 e. The number of nitrogens with one attached hydrogen (secondary N) is 2. The van der Waals surface area contributed by atoms with E-state index >= 15 is 0 Å². The lowest BCUT2D eigenvalue weighted by atomic mass is 9.99. The van der Waals surface area contributed by atoms with E-state index in [0.29, 0.717) is 18.0 Å². The summed E-state index contributed by atoms with van der Waals surface area (Å²) in [6, 6.07) is 7.18. The minimum Gasteiger partial charge on any atom is -0.352 e. The molecule has 154 valence electrons. The molecule has 2 aliphatic heterocycles. The molecule has 1 aromatic carbocycles. The van der Waals surface area contributed by atoms with Gasteiger partial charge in [-0.25, -0.2) is 8.42 Å². The highest BCUT2D eigenvalue weighted by Gasteiger charge is 2.42. The number of nitrogens with zero attached hydrogens (tertiary/aromatic N) is 1. The largest absolute Gasteiger partial charge is 0.352 e. The average Bonchev–Trinajstić information content (AvgIpc) is 3.14. The van der Waals surface area contributed by atoms with Crippen molar-refractivity contribution in [3.8, 4) is 0 Å². The molecule has 1 fully saturated rings. The van der Waals surface area contributed by atoms with E-state index in [1.165, 1.54) is 24.6 Å². The van der Waals surface area contributed by atoms with Gasteiger partial charge in [-0.3, -0.25) is 9.79 Å². The van der Waals surface area contributed by atoms with Gasteiger partial charge in [0.05, 0.1) is 17.5 Å². The lowest BCUT2D eigenvalue weighted by Crippen LogP contribution is -2.29. The summed E-state index contributed by atoms with van der Waals surface area (Å²) in [5.41, 5.74) is 1.49. The molecular weight excluding hydrogens is 394 g/mol. The van der Waals surface area contributed by atoms with Gasteiger partial charge >= 0.3 is 0 Å². The quantitative estimate of drug-likeness (QED) is 0.670. The van der Waals surface area contributed by atoms with E-state index in [1.807, 2.05) is 12.1 Å². The fourth-order valence-electron chi connectivity index (χ4n) is 3.53. The number of thioether (sulfide) groups is 1. The zero-order chi connectivity index (χ0) is 20.1. The van der Waals surface area contributed by atoms with E-state index in [1.54, 1.807) is 12.1 Å². The van der Waals surface area contributed by atoms with Gasteiger partial charge in [-0.15, -0.1) is 0 Å². The first-order chi connectivity index (χ1) is 13.4. The van der Waals surface area contributed by atoms with Gasteiger partial charge in [0.2, 0.25) is 0 Å². The van der Waals surface area contributed by atoms with Crippen molar-refractivity contribution in [1.82, 2.24) is 5.32 Å². The SMILES string of the molecule is CCCC[C@H](CC)CNC(=O)c1ccc(NC2=N[C@@H]3CS(=O)(=O)C[C@@H]3S2)cc1. The van der Waals surface area contributed by atoms with Crippen LogP contribution in [0.3, 0.4) is 0 Å². The third kappa shape index (κ3) is 5.50. The number of aliphatic imine (C=N–C) groups is 1. The zero-order valence-corrected chi connectivity index (χ0v) is 18.1. The number of amides is 1. The van der Waals surface area contributed by atoms with Gasteiger partial charge in [0, 0.05) is 23.0 Å². The molecule has 0 unspecified atom stereocenters. The molecule has 0 radical (unpaired) electrons. The van der Waals surface area contributed by atoms with Crippen molar-refractivity contribution < 1.29 is 13.2 Å². The topological polar surface area (TPSA) is 87.6 Å². The van der Waals surface area contributed by atoms with Crippen LogP contribution in [0.2, 0.25) is 0 Å². The van der Waals surface area contributed by atoms with Crippen LogP contribution in [0.1, 0.15) is 49.9 Å². The van der Waals surface area contributed by atoms with Crippen LogP contribution in [0, 0.1) is 5.92 Å². The Bertz CT molecular complexity index is 822. The summed E-state index contributed by atoms with van der Waals surface area (Å²) in [5.74, 6) is 0.832.